The standard InChI is InChI=1S/C18H26N2O2/c1-14-7-5-6-10-16(14)13-20-18(22)17(21)19-12-11-15-8-3-2-4-9-15/h5-7,10,15H,2-4,8-9,11-13H2,1H3,(H,19,21)(H,20,22). The molecule has 2 rings (SSSR count). The fourth-order valence-corrected chi connectivity index (χ4v) is 3.01. The van der Waals surface area contributed by atoms with Crippen LogP contribution in [-0.2, 0) is 16.1 Å². The average Bonchev–Trinajstić information content (AvgIpc) is 2.54. The molecule has 2 N–H and O–H groups in total. The molecule has 2 amide bonds. The molecule has 4 heteroatoms. The van der Waals surface area contributed by atoms with Crippen molar-refractivity contribution in [2.24, 2.45) is 5.92 Å². The van der Waals surface area contributed by atoms with Crippen molar-refractivity contribution in [3.63, 3.8) is 0 Å². The van der Waals surface area contributed by atoms with Gasteiger partial charge in [-0.15, -0.1) is 0 Å². The van der Waals surface area contributed by atoms with E-state index in [1.54, 1.807) is 0 Å². The van der Waals surface area contributed by atoms with Crippen molar-refractivity contribution in [2.75, 3.05) is 6.54 Å². The highest BCUT2D eigenvalue weighted by Gasteiger charge is 2.16. The molecular formula is C18H26N2O2. The average molecular weight is 302 g/mol. The highest BCUT2D eigenvalue weighted by molar-refractivity contribution is 6.35. The molecule has 0 saturated heterocycles. The van der Waals surface area contributed by atoms with E-state index in [-0.39, 0.29) is 0 Å². The number of benzene rings is 1. The number of aryl methyl sites for hydroxylation is 1. The molecule has 0 aromatic heterocycles. The van der Waals surface area contributed by atoms with Crippen LogP contribution in [0, 0.1) is 12.8 Å². The number of hydrogen-bond acceptors (Lipinski definition) is 2. The summed E-state index contributed by atoms with van der Waals surface area (Å²) >= 11 is 0. The minimum absolute atomic E-state index is 0.390. The second-order valence-corrected chi connectivity index (χ2v) is 6.16. The summed E-state index contributed by atoms with van der Waals surface area (Å²) in [4.78, 5) is 23.6. The topological polar surface area (TPSA) is 58.2 Å². The van der Waals surface area contributed by atoms with Crippen molar-refractivity contribution in [2.45, 2.75) is 52.0 Å². The summed E-state index contributed by atoms with van der Waals surface area (Å²) in [6.07, 6.45) is 7.44. The number of nitrogens with one attached hydrogen (secondary N) is 2. The molecule has 0 spiro atoms. The van der Waals surface area contributed by atoms with Crippen molar-refractivity contribution < 1.29 is 9.59 Å². The van der Waals surface area contributed by atoms with E-state index in [4.69, 9.17) is 0 Å². The van der Waals surface area contributed by atoms with Crippen molar-refractivity contribution >= 4 is 11.8 Å². The maximum Gasteiger partial charge on any atom is 0.309 e. The molecule has 1 aromatic rings. The van der Waals surface area contributed by atoms with Crippen LogP contribution in [0.4, 0.5) is 0 Å². The molecular weight excluding hydrogens is 276 g/mol. The number of carbonyl (C=O) groups is 2. The van der Waals surface area contributed by atoms with E-state index in [2.05, 4.69) is 10.6 Å². The van der Waals surface area contributed by atoms with E-state index in [1.807, 2.05) is 31.2 Å². The Balaban J connectivity index is 1.66. The molecule has 22 heavy (non-hydrogen) atoms. The van der Waals surface area contributed by atoms with E-state index >= 15 is 0 Å². The third-order valence-electron chi connectivity index (χ3n) is 4.47. The van der Waals surface area contributed by atoms with Gasteiger partial charge in [-0.2, -0.15) is 0 Å². The van der Waals surface area contributed by atoms with E-state index in [1.165, 1.54) is 32.1 Å². The lowest BCUT2D eigenvalue weighted by Crippen LogP contribution is -2.40. The van der Waals surface area contributed by atoms with Crippen LogP contribution in [0.2, 0.25) is 0 Å². The fourth-order valence-electron chi connectivity index (χ4n) is 3.01. The monoisotopic (exact) mass is 302 g/mol. The molecule has 1 fully saturated rings. The zero-order chi connectivity index (χ0) is 15.8. The first-order valence-electron chi connectivity index (χ1n) is 8.27. The fraction of sp³-hybridized carbons (Fsp3) is 0.556. The largest absolute Gasteiger partial charge is 0.348 e. The summed E-state index contributed by atoms with van der Waals surface area (Å²) in [5, 5.41) is 5.41. The van der Waals surface area contributed by atoms with Crippen LogP contribution < -0.4 is 10.6 Å². The lowest BCUT2D eigenvalue weighted by Gasteiger charge is -2.21. The van der Waals surface area contributed by atoms with Crippen LogP contribution in [0.5, 0.6) is 0 Å². The summed E-state index contributed by atoms with van der Waals surface area (Å²) in [7, 11) is 0. The van der Waals surface area contributed by atoms with Gasteiger partial charge in [0.2, 0.25) is 0 Å². The molecule has 1 aliphatic rings. The molecule has 0 bridgehead atoms. The van der Waals surface area contributed by atoms with Gasteiger partial charge in [0.25, 0.3) is 0 Å². The zero-order valence-electron chi connectivity index (χ0n) is 13.4. The summed E-state index contributed by atoms with van der Waals surface area (Å²) in [6, 6.07) is 7.83. The number of rotatable bonds is 5. The molecule has 0 unspecified atom stereocenters. The van der Waals surface area contributed by atoms with Gasteiger partial charge in [0, 0.05) is 13.1 Å². The van der Waals surface area contributed by atoms with E-state index in [0.717, 1.165) is 17.5 Å². The van der Waals surface area contributed by atoms with Gasteiger partial charge >= 0.3 is 11.8 Å². The molecule has 120 valence electrons. The second-order valence-electron chi connectivity index (χ2n) is 6.16. The van der Waals surface area contributed by atoms with Gasteiger partial charge < -0.3 is 10.6 Å². The smallest absolute Gasteiger partial charge is 0.309 e. The van der Waals surface area contributed by atoms with Crippen LogP contribution in [0.25, 0.3) is 0 Å². The maximum atomic E-state index is 11.8. The Kier molecular flexibility index (Phi) is 6.44. The quantitative estimate of drug-likeness (QED) is 0.822. The molecule has 0 heterocycles. The Bertz CT molecular complexity index is 508. The minimum atomic E-state index is -0.549. The Morgan fingerprint density at radius 3 is 2.45 bits per heavy atom. The first-order valence-corrected chi connectivity index (χ1v) is 8.27. The van der Waals surface area contributed by atoms with Crippen molar-refractivity contribution in [1.29, 1.82) is 0 Å². The van der Waals surface area contributed by atoms with Gasteiger partial charge in [-0.25, -0.2) is 0 Å². The van der Waals surface area contributed by atoms with E-state index in [0.29, 0.717) is 19.0 Å². The van der Waals surface area contributed by atoms with Crippen LogP contribution >= 0.6 is 0 Å². The van der Waals surface area contributed by atoms with Gasteiger partial charge in [0.15, 0.2) is 0 Å². The van der Waals surface area contributed by atoms with Gasteiger partial charge in [-0.1, -0.05) is 56.4 Å². The highest BCUT2D eigenvalue weighted by Crippen LogP contribution is 2.25. The summed E-state index contributed by atoms with van der Waals surface area (Å²) in [5.41, 5.74) is 2.14. The van der Waals surface area contributed by atoms with Crippen LogP contribution in [-0.4, -0.2) is 18.4 Å². The lowest BCUT2D eigenvalue weighted by atomic mass is 9.87. The van der Waals surface area contributed by atoms with E-state index in [9.17, 15) is 9.59 Å². The first-order chi connectivity index (χ1) is 10.7. The predicted molar refractivity (Wildman–Crippen MR) is 87.2 cm³/mol. The second kappa shape index (κ2) is 8.57. The SMILES string of the molecule is Cc1ccccc1CNC(=O)C(=O)NCCC1CCCCC1. The molecule has 0 atom stereocenters. The Morgan fingerprint density at radius 2 is 1.73 bits per heavy atom. The van der Waals surface area contributed by atoms with Crippen LogP contribution in [0.15, 0.2) is 24.3 Å². The van der Waals surface area contributed by atoms with Gasteiger partial charge in [0.1, 0.15) is 0 Å². The van der Waals surface area contributed by atoms with Crippen molar-refractivity contribution in [3.05, 3.63) is 35.4 Å². The lowest BCUT2D eigenvalue weighted by molar-refractivity contribution is -0.139. The predicted octanol–water partition coefficient (Wildman–Crippen LogP) is 2.70. The van der Waals surface area contributed by atoms with Crippen LogP contribution in [0.1, 0.15) is 49.7 Å². The molecule has 1 saturated carbocycles. The summed E-state index contributed by atoms with van der Waals surface area (Å²) in [5.74, 6) is -0.361. The molecule has 0 aliphatic heterocycles. The molecule has 1 aliphatic carbocycles. The number of amides is 2. The Morgan fingerprint density at radius 1 is 1.05 bits per heavy atom. The highest BCUT2D eigenvalue weighted by atomic mass is 16.2. The summed E-state index contributed by atoms with van der Waals surface area (Å²) < 4.78 is 0. The third kappa shape index (κ3) is 5.17. The van der Waals surface area contributed by atoms with E-state index < -0.39 is 11.8 Å². The molecule has 1 aromatic carbocycles. The van der Waals surface area contributed by atoms with Crippen molar-refractivity contribution in [3.8, 4) is 0 Å². The third-order valence-corrected chi connectivity index (χ3v) is 4.47. The molecule has 4 nitrogen and oxygen atoms in total. The number of hydrogen-bond donors (Lipinski definition) is 2. The van der Waals surface area contributed by atoms with Gasteiger partial charge in [0.05, 0.1) is 0 Å². The molecule has 0 radical (unpaired) electrons. The van der Waals surface area contributed by atoms with Crippen LogP contribution in [0.3, 0.4) is 0 Å². The normalized spacial score (nSPS) is 15.3. The summed E-state index contributed by atoms with van der Waals surface area (Å²) in [6.45, 7) is 2.98. The minimum Gasteiger partial charge on any atom is -0.348 e. The zero-order valence-corrected chi connectivity index (χ0v) is 13.4. The Labute approximate surface area is 132 Å². The number of carbonyl (C=O) groups excluding carboxylic acids is 2. The van der Waals surface area contributed by atoms with Gasteiger partial charge in [-0.05, 0) is 30.4 Å². The van der Waals surface area contributed by atoms with Crippen molar-refractivity contribution in [1.82, 2.24) is 10.6 Å². The first kappa shape index (κ1) is 16.5. The Hall–Kier alpha value is -1.84. The van der Waals surface area contributed by atoms with Gasteiger partial charge in [-0.3, -0.25) is 9.59 Å². The maximum absolute atomic E-state index is 11.8.